The number of halogens is 1. The maximum Gasteiger partial charge on any atom is 0.224 e. The highest BCUT2D eigenvalue weighted by Crippen LogP contribution is 2.21. The Morgan fingerprint density at radius 1 is 1.13 bits per heavy atom. The van der Waals surface area contributed by atoms with E-state index in [4.69, 9.17) is 16.3 Å². The van der Waals surface area contributed by atoms with Gasteiger partial charge in [0, 0.05) is 5.02 Å². The number of hydrogen-bond donors (Lipinski definition) is 1. The smallest absolute Gasteiger partial charge is 0.224 e. The van der Waals surface area contributed by atoms with Crippen LogP contribution in [0.25, 0.3) is 0 Å². The fourth-order valence-electron chi connectivity index (χ4n) is 2.32. The first-order chi connectivity index (χ1) is 11.0. The van der Waals surface area contributed by atoms with E-state index < -0.39 is 0 Å². The Morgan fingerprint density at radius 2 is 1.87 bits per heavy atom. The molecule has 0 saturated carbocycles. The first kappa shape index (κ1) is 17.4. The van der Waals surface area contributed by atoms with Gasteiger partial charge in [-0.05, 0) is 50.1 Å². The van der Waals surface area contributed by atoms with Crippen molar-refractivity contribution in [2.24, 2.45) is 0 Å². The fraction of sp³-hybridized carbons (Fsp3) is 0.316. The van der Waals surface area contributed by atoms with Gasteiger partial charge in [0.1, 0.15) is 5.75 Å². The van der Waals surface area contributed by atoms with Crippen LogP contribution < -0.4 is 10.1 Å². The van der Waals surface area contributed by atoms with E-state index in [2.05, 4.69) is 5.32 Å². The van der Waals surface area contributed by atoms with Crippen LogP contribution in [0.2, 0.25) is 5.02 Å². The molecule has 2 aromatic rings. The number of hydrogen-bond acceptors (Lipinski definition) is 2. The highest BCUT2D eigenvalue weighted by Gasteiger charge is 2.12. The molecule has 0 radical (unpaired) electrons. The summed E-state index contributed by atoms with van der Waals surface area (Å²) in [5.74, 6) is 0.755. The molecule has 1 atom stereocenters. The van der Waals surface area contributed by atoms with Crippen LogP contribution in [0.4, 0.5) is 0 Å². The third-order valence-corrected chi connectivity index (χ3v) is 3.78. The minimum atomic E-state index is -0.0966. The molecule has 1 N–H and O–H groups in total. The summed E-state index contributed by atoms with van der Waals surface area (Å²) in [4.78, 5) is 12.2. The second-order valence-corrected chi connectivity index (χ2v) is 6.20. The lowest BCUT2D eigenvalue weighted by Gasteiger charge is -2.17. The van der Waals surface area contributed by atoms with Gasteiger partial charge in [-0.2, -0.15) is 0 Å². The van der Waals surface area contributed by atoms with Crippen molar-refractivity contribution in [1.82, 2.24) is 5.32 Å². The second-order valence-electron chi connectivity index (χ2n) is 5.80. The molecule has 0 spiro atoms. The summed E-state index contributed by atoms with van der Waals surface area (Å²) in [5.41, 5.74) is 1.84. The Kier molecular flexibility index (Phi) is 6.05. The number of nitrogens with one attached hydrogen (secondary N) is 1. The van der Waals surface area contributed by atoms with Gasteiger partial charge in [0.2, 0.25) is 5.91 Å². The molecule has 0 aliphatic carbocycles. The van der Waals surface area contributed by atoms with Crippen LogP contribution in [0, 0.1) is 0 Å². The molecule has 1 amide bonds. The predicted molar refractivity (Wildman–Crippen MR) is 93.9 cm³/mol. The lowest BCUT2D eigenvalue weighted by Crippen LogP contribution is -2.28. The largest absolute Gasteiger partial charge is 0.491 e. The Bertz CT molecular complexity index is 670. The molecule has 23 heavy (non-hydrogen) atoms. The molecule has 0 heterocycles. The van der Waals surface area contributed by atoms with E-state index in [0.717, 1.165) is 16.9 Å². The minimum absolute atomic E-state index is 0.0548. The van der Waals surface area contributed by atoms with Gasteiger partial charge in [0.05, 0.1) is 18.6 Å². The number of ether oxygens (including phenoxy) is 1. The molecule has 122 valence electrons. The van der Waals surface area contributed by atoms with E-state index in [-0.39, 0.29) is 24.5 Å². The standard InChI is InChI=1S/C19H22ClNO2/c1-13(2)23-17-9-6-8-15(11-17)14(3)21-19(22)12-16-7-4-5-10-18(16)20/h4-11,13-14H,12H2,1-3H3,(H,21,22). The van der Waals surface area contributed by atoms with Crippen LogP contribution in [0.5, 0.6) is 5.75 Å². The van der Waals surface area contributed by atoms with Gasteiger partial charge in [-0.1, -0.05) is 41.9 Å². The Morgan fingerprint density at radius 3 is 2.57 bits per heavy atom. The van der Waals surface area contributed by atoms with E-state index in [9.17, 15) is 4.79 Å². The molecule has 2 rings (SSSR count). The number of carbonyl (C=O) groups is 1. The van der Waals surface area contributed by atoms with Gasteiger partial charge in [0.15, 0.2) is 0 Å². The summed E-state index contributed by atoms with van der Waals surface area (Å²) in [7, 11) is 0. The lowest BCUT2D eigenvalue weighted by molar-refractivity contribution is -0.121. The first-order valence-corrected chi connectivity index (χ1v) is 8.13. The monoisotopic (exact) mass is 331 g/mol. The fourth-order valence-corrected chi connectivity index (χ4v) is 2.52. The summed E-state index contributed by atoms with van der Waals surface area (Å²) in [6.07, 6.45) is 0.391. The molecule has 1 unspecified atom stereocenters. The topological polar surface area (TPSA) is 38.3 Å². The summed E-state index contributed by atoms with van der Waals surface area (Å²) >= 11 is 6.09. The van der Waals surface area contributed by atoms with E-state index >= 15 is 0 Å². The predicted octanol–water partition coefficient (Wildman–Crippen LogP) is 4.55. The Balaban J connectivity index is 1.99. The van der Waals surface area contributed by atoms with Crippen molar-refractivity contribution in [3.63, 3.8) is 0 Å². The number of rotatable bonds is 6. The van der Waals surface area contributed by atoms with Gasteiger partial charge in [-0.3, -0.25) is 4.79 Å². The average molecular weight is 332 g/mol. The highest BCUT2D eigenvalue weighted by molar-refractivity contribution is 6.31. The normalized spacial score (nSPS) is 12.0. The van der Waals surface area contributed by atoms with Gasteiger partial charge in [-0.15, -0.1) is 0 Å². The highest BCUT2D eigenvalue weighted by atomic mass is 35.5. The van der Waals surface area contributed by atoms with E-state index in [1.165, 1.54) is 0 Å². The molecular weight excluding hydrogens is 310 g/mol. The van der Waals surface area contributed by atoms with Crippen molar-refractivity contribution < 1.29 is 9.53 Å². The van der Waals surface area contributed by atoms with Crippen molar-refractivity contribution in [3.8, 4) is 5.75 Å². The van der Waals surface area contributed by atoms with E-state index in [1.807, 2.05) is 63.2 Å². The van der Waals surface area contributed by atoms with Crippen LogP contribution >= 0.6 is 11.6 Å². The molecule has 4 heteroatoms. The van der Waals surface area contributed by atoms with Gasteiger partial charge >= 0.3 is 0 Å². The van der Waals surface area contributed by atoms with E-state index in [1.54, 1.807) is 6.07 Å². The summed E-state index contributed by atoms with van der Waals surface area (Å²) in [6.45, 7) is 5.93. The maximum atomic E-state index is 12.2. The molecule has 0 saturated heterocycles. The molecule has 0 aliphatic rings. The van der Waals surface area contributed by atoms with Gasteiger partial charge < -0.3 is 10.1 Å². The molecule has 0 fully saturated rings. The quantitative estimate of drug-likeness (QED) is 0.843. The number of benzene rings is 2. The molecule has 3 nitrogen and oxygen atoms in total. The number of amides is 1. The minimum Gasteiger partial charge on any atom is -0.491 e. The van der Waals surface area contributed by atoms with Crippen molar-refractivity contribution in [1.29, 1.82) is 0 Å². The third kappa shape index (κ3) is 5.29. The third-order valence-electron chi connectivity index (χ3n) is 3.42. The van der Waals surface area contributed by atoms with Crippen molar-refractivity contribution in [2.45, 2.75) is 39.3 Å². The van der Waals surface area contributed by atoms with Crippen LogP contribution in [0.3, 0.4) is 0 Å². The zero-order chi connectivity index (χ0) is 16.8. The van der Waals surface area contributed by atoms with Gasteiger partial charge in [0.25, 0.3) is 0 Å². The summed E-state index contributed by atoms with van der Waals surface area (Å²) in [6, 6.07) is 15.1. The van der Waals surface area contributed by atoms with Gasteiger partial charge in [-0.25, -0.2) is 0 Å². The molecule has 0 bridgehead atoms. The summed E-state index contributed by atoms with van der Waals surface area (Å²) in [5, 5.41) is 3.61. The van der Waals surface area contributed by atoms with E-state index in [0.29, 0.717) is 5.02 Å². The van der Waals surface area contributed by atoms with Crippen molar-refractivity contribution >= 4 is 17.5 Å². The van der Waals surface area contributed by atoms with Crippen LogP contribution in [-0.4, -0.2) is 12.0 Å². The Labute approximate surface area is 142 Å². The first-order valence-electron chi connectivity index (χ1n) is 7.75. The maximum absolute atomic E-state index is 12.2. The van der Waals surface area contributed by atoms with Crippen LogP contribution in [0.15, 0.2) is 48.5 Å². The number of carbonyl (C=O) groups excluding carboxylic acids is 1. The average Bonchev–Trinajstić information content (AvgIpc) is 2.49. The van der Waals surface area contributed by atoms with Crippen LogP contribution in [-0.2, 0) is 11.2 Å². The molecular formula is C19H22ClNO2. The van der Waals surface area contributed by atoms with Crippen LogP contribution in [0.1, 0.15) is 37.9 Å². The molecule has 0 aromatic heterocycles. The van der Waals surface area contributed by atoms with Crippen molar-refractivity contribution in [2.75, 3.05) is 0 Å². The molecule has 2 aromatic carbocycles. The zero-order valence-corrected chi connectivity index (χ0v) is 14.4. The van der Waals surface area contributed by atoms with Crippen molar-refractivity contribution in [3.05, 3.63) is 64.7 Å². The summed E-state index contributed by atoms with van der Waals surface area (Å²) < 4.78 is 5.69. The molecule has 0 aliphatic heterocycles. The second kappa shape index (κ2) is 8.02. The lowest BCUT2D eigenvalue weighted by atomic mass is 10.1. The SMILES string of the molecule is CC(C)Oc1cccc(C(C)NC(=O)Cc2ccccc2Cl)c1. The zero-order valence-electron chi connectivity index (χ0n) is 13.7. The Hall–Kier alpha value is -2.00.